The van der Waals surface area contributed by atoms with Crippen LogP contribution in [0.25, 0.3) is 10.9 Å². The summed E-state index contributed by atoms with van der Waals surface area (Å²) in [6.45, 7) is 3.90. The number of benzene rings is 2. The van der Waals surface area contributed by atoms with Crippen molar-refractivity contribution in [3.05, 3.63) is 65.4 Å². The lowest BCUT2D eigenvalue weighted by molar-refractivity contribution is -0.146. The second-order valence-electron chi connectivity index (χ2n) is 8.82. The van der Waals surface area contributed by atoms with E-state index in [1.54, 1.807) is 25.3 Å². The van der Waals surface area contributed by atoms with Gasteiger partial charge in [-0.25, -0.2) is 0 Å². The van der Waals surface area contributed by atoms with Crippen LogP contribution >= 0.6 is 0 Å². The zero-order chi connectivity index (χ0) is 25.4. The molecule has 0 spiro atoms. The number of alkyl halides is 6. The molecule has 0 radical (unpaired) electrons. The Labute approximate surface area is 199 Å². The number of pyridine rings is 1. The van der Waals surface area contributed by atoms with E-state index in [0.717, 1.165) is 22.8 Å². The highest BCUT2D eigenvalue weighted by Gasteiger charge is 2.34. The average Bonchev–Trinajstić information content (AvgIpc) is 2.78. The summed E-state index contributed by atoms with van der Waals surface area (Å²) in [6.07, 6.45) is -7.01. The van der Waals surface area contributed by atoms with Crippen LogP contribution in [0.1, 0.15) is 29.7 Å². The lowest BCUT2D eigenvalue weighted by Crippen LogP contribution is -2.49. The minimum absolute atomic E-state index is 0.177. The molecule has 1 fully saturated rings. The second-order valence-corrected chi connectivity index (χ2v) is 8.82. The van der Waals surface area contributed by atoms with Crippen LogP contribution in [0.3, 0.4) is 0 Å². The molecule has 1 N–H and O–H groups in total. The summed E-state index contributed by atoms with van der Waals surface area (Å²) in [7, 11) is 0. The molecule has 1 atom stereocenters. The van der Waals surface area contributed by atoms with Crippen molar-refractivity contribution in [3.8, 4) is 0 Å². The van der Waals surface area contributed by atoms with Gasteiger partial charge in [0.1, 0.15) is 0 Å². The first-order valence-corrected chi connectivity index (χ1v) is 11.3. The molecule has 1 aliphatic heterocycles. The lowest BCUT2D eigenvalue weighted by atomic mass is 9.97. The van der Waals surface area contributed by atoms with Gasteiger partial charge in [-0.3, -0.25) is 9.88 Å². The predicted octanol–water partition coefficient (Wildman–Crippen LogP) is 6.42. The van der Waals surface area contributed by atoms with Crippen molar-refractivity contribution in [2.24, 2.45) is 0 Å². The number of halogens is 6. The van der Waals surface area contributed by atoms with Gasteiger partial charge < -0.3 is 10.2 Å². The van der Waals surface area contributed by atoms with E-state index >= 15 is 0 Å². The molecule has 188 valence electrons. The van der Waals surface area contributed by atoms with E-state index in [1.807, 2.05) is 23.1 Å². The number of hydrogen-bond acceptors (Lipinski definition) is 4. The van der Waals surface area contributed by atoms with Crippen molar-refractivity contribution >= 4 is 22.3 Å². The first kappa shape index (κ1) is 25.1. The Morgan fingerprint density at radius 3 is 2.34 bits per heavy atom. The lowest BCUT2D eigenvalue weighted by Gasteiger charge is -2.36. The Morgan fingerprint density at radius 2 is 1.69 bits per heavy atom. The van der Waals surface area contributed by atoms with Gasteiger partial charge in [0.2, 0.25) is 0 Å². The Hall–Kier alpha value is -3.01. The van der Waals surface area contributed by atoms with E-state index in [-0.39, 0.29) is 5.56 Å². The molecule has 1 aromatic heterocycles. The van der Waals surface area contributed by atoms with E-state index < -0.39 is 30.5 Å². The highest BCUT2D eigenvalue weighted by Crippen LogP contribution is 2.36. The van der Waals surface area contributed by atoms with Crippen LogP contribution in [0.15, 0.2) is 48.7 Å². The van der Waals surface area contributed by atoms with Crippen molar-refractivity contribution in [2.45, 2.75) is 32.2 Å². The molecule has 1 aliphatic rings. The molecule has 0 aliphatic carbocycles. The van der Waals surface area contributed by atoms with Crippen molar-refractivity contribution in [2.75, 3.05) is 42.9 Å². The van der Waals surface area contributed by atoms with E-state index in [2.05, 4.69) is 10.3 Å². The van der Waals surface area contributed by atoms with Crippen molar-refractivity contribution in [1.29, 1.82) is 0 Å². The Balaban J connectivity index is 1.56. The summed E-state index contributed by atoms with van der Waals surface area (Å²) in [6, 6.07) is 11.2. The summed E-state index contributed by atoms with van der Waals surface area (Å²) < 4.78 is 78.1. The summed E-state index contributed by atoms with van der Waals surface area (Å²) in [5.41, 5.74) is 2.36. The van der Waals surface area contributed by atoms with Crippen LogP contribution in [-0.4, -0.2) is 48.8 Å². The molecule has 2 aromatic carbocycles. The van der Waals surface area contributed by atoms with Crippen molar-refractivity contribution in [1.82, 2.24) is 9.88 Å². The van der Waals surface area contributed by atoms with E-state index in [9.17, 15) is 26.3 Å². The highest BCUT2D eigenvalue weighted by atomic mass is 19.4. The van der Waals surface area contributed by atoms with Gasteiger partial charge in [0, 0.05) is 55.2 Å². The summed E-state index contributed by atoms with van der Waals surface area (Å²) >= 11 is 0. The Bertz CT molecular complexity index is 1180. The molecule has 35 heavy (non-hydrogen) atoms. The van der Waals surface area contributed by atoms with Crippen LogP contribution in [0.2, 0.25) is 0 Å². The van der Waals surface area contributed by atoms with Crippen LogP contribution in [0, 0.1) is 6.92 Å². The Morgan fingerprint density at radius 1 is 0.971 bits per heavy atom. The maximum atomic E-state index is 13.4. The van der Waals surface area contributed by atoms with Crippen LogP contribution in [-0.2, 0) is 6.18 Å². The third kappa shape index (κ3) is 5.80. The molecule has 10 heteroatoms. The van der Waals surface area contributed by atoms with Gasteiger partial charge in [0.05, 0.1) is 17.6 Å². The van der Waals surface area contributed by atoms with Gasteiger partial charge in [0.15, 0.2) is 0 Å². The molecule has 0 unspecified atom stereocenters. The maximum Gasteiger partial charge on any atom is 0.416 e. The molecule has 0 saturated carbocycles. The molecule has 0 amide bonds. The first-order valence-electron chi connectivity index (χ1n) is 11.3. The smallest absolute Gasteiger partial charge is 0.378 e. The van der Waals surface area contributed by atoms with Gasteiger partial charge in [-0.2, -0.15) is 26.3 Å². The largest absolute Gasteiger partial charge is 0.416 e. The van der Waals surface area contributed by atoms with Gasteiger partial charge >= 0.3 is 12.4 Å². The number of nitrogens with zero attached hydrogens (tertiary/aromatic N) is 3. The molecule has 0 bridgehead atoms. The van der Waals surface area contributed by atoms with Crippen LogP contribution < -0.4 is 10.2 Å². The van der Waals surface area contributed by atoms with Gasteiger partial charge in [-0.05, 0) is 55.3 Å². The topological polar surface area (TPSA) is 31.4 Å². The zero-order valence-corrected chi connectivity index (χ0v) is 19.3. The Kier molecular flexibility index (Phi) is 6.86. The molecule has 2 heterocycles. The monoisotopic (exact) mass is 496 g/mol. The molecule has 4 rings (SSSR count). The molecule has 1 saturated heterocycles. The zero-order valence-electron chi connectivity index (χ0n) is 19.3. The molecule has 4 nitrogen and oxygen atoms in total. The third-order valence-corrected chi connectivity index (χ3v) is 6.39. The number of anilines is 2. The number of rotatable bonds is 5. The minimum atomic E-state index is -4.43. The average molecular weight is 496 g/mol. The fraction of sp³-hybridized carbons (Fsp3) is 0.400. The predicted molar refractivity (Wildman–Crippen MR) is 125 cm³/mol. The third-order valence-electron chi connectivity index (χ3n) is 6.39. The van der Waals surface area contributed by atoms with E-state index in [4.69, 9.17) is 0 Å². The normalized spacial score (nSPS) is 16.5. The van der Waals surface area contributed by atoms with Gasteiger partial charge in [-0.1, -0.05) is 12.1 Å². The van der Waals surface area contributed by atoms with Crippen molar-refractivity contribution in [3.63, 3.8) is 0 Å². The summed E-state index contributed by atoms with van der Waals surface area (Å²) in [5, 5.41) is 4.12. The van der Waals surface area contributed by atoms with E-state index in [0.29, 0.717) is 37.3 Å². The maximum absolute atomic E-state index is 13.4. The summed E-state index contributed by atoms with van der Waals surface area (Å²) in [5.74, 6) is 0. The highest BCUT2D eigenvalue weighted by molar-refractivity contribution is 5.93. The number of piperazine rings is 1. The number of hydrogen-bond donors (Lipinski definition) is 1. The number of fused-ring (bicyclic) bond motifs is 1. The van der Waals surface area contributed by atoms with Crippen LogP contribution in [0.4, 0.5) is 37.7 Å². The number of aromatic nitrogens is 1. The summed E-state index contributed by atoms with van der Waals surface area (Å²) in [4.78, 5) is 7.81. The van der Waals surface area contributed by atoms with Crippen LogP contribution in [0.5, 0.6) is 0 Å². The van der Waals surface area contributed by atoms with Gasteiger partial charge in [-0.15, -0.1) is 0 Å². The first-order chi connectivity index (χ1) is 16.4. The second kappa shape index (κ2) is 9.56. The number of nitrogens with one attached hydrogen (secondary N) is 1. The standard InChI is InChI=1S/C25H26F6N4/c1-16-19(4-3-5-21(16)25(29,30)31)17(2)33-23-8-9-32-22-7-6-18(14-20(22)23)35-12-10-34(11-13-35)15-24(26,27)28/h3-9,14,17H,10-13,15H2,1-2H3,(H,32,33)/t17-/m1/s1. The molecular weight excluding hydrogens is 470 g/mol. The fourth-order valence-corrected chi connectivity index (χ4v) is 4.62. The fourth-order valence-electron chi connectivity index (χ4n) is 4.62. The minimum Gasteiger partial charge on any atom is -0.378 e. The van der Waals surface area contributed by atoms with Crippen molar-refractivity contribution < 1.29 is 26.3 Å². The SMILES string of the molecule is Cc1c([C@@H](C)Nc2ccnc3ccc(N4CCN(CC(F)(F)F)CC4)cc23)cccc1C(F)(F)F. The van der Waals surface area contributed by atoms with E-state index in [1.165, 1.54) is 17.9 Å². The quantitative estimate of drug-likeness (QED) is 0.413. The molecule has 3 aromatic rings. The molecular formula is C25H26F6N4. The van der Waals surface area contributed by atoms with Gasteiger partial charge in [0.25, 0.3) is 0 Å².